The van der Waals surface area contributed by atoms with Crippen molar-refractivity contribution in [1.82, 2.24) is 10.2 Å². The number of rotatable bonds is 4. The zero-order valence-corrected chi connectivity index (χ0v) is 13.8. The minimum absolute atomic E-state index is 0. The van der Waals surface area contributed by atoms with Gasteiger partial charge >= 0.3 is 0 Å². The average molecular weight is 340 g/mol. The smallest absolute Gasteiger partial charge is 0.260 e. The topological polar surface area (TPSA) is 61.9 Å². The molecule has 2 heterocycles. The van der Waals surface area contributed by atoms with Crippen LogP contribution in [0, 0.1) is 0 Å². The predicted octanol–water partition coefficient (Wildman–Crippen LogP) is 1.05. The summed E-state index contributed by atoms with van der Waals surface area (Å²) in [5, 5.41) is 3.21. The summed E-state index contributed by atoms with van der Waals surface area (Å²) in [5.74, 6) is 0.835. The van der Waals surface area contributed by atoms with Gasteiger partial charge < -0.3 is 19.9 Å². The van der Waals surface area contributed by atoms with E-state index >= 15 is 0 Å². The van der Waals surface area contributed by atoms with Crippen molar-refractivity contribution in [2.75, 3.05) is 44.2 Å². The molecule has 2 amide bonds. The van der Waals surface area contributed by atoms with Crippen LogP contribution in [0.3, 0.4) is 0 Å². The fourth-order valence-corrected chi connectivity index (χ4v) is 2.79. The molecule has 3 rings (SSSR count). The van der Waals surface area contributed by atoms with Gasteiger partial charge in [0.1, 0.15) is 5.75 Å². The third-order valence-corrected chi connectivity index (χ3v) is 4.05. The Morgan fingerprint density at radius 3 is 2.43 bits per heavy atom. The first-order valence-corrected chi connectivity index (χ1v) is 7.76. The van der Waals surface area contributed by atoms with E-state index in [0.29, 0.717) is 12.2 Å². The number of carbonyl (C=O) groups is 2. The van der Waals surface area contributed by atoms with Crippen LogP contribution >= 0.6 is 12.4 Å². The fraction of sp³-hybridized carbons (Fsp3) is 0.500. The molecule has 1 N–H and O–H groups in total. The van der Waals surface area contributed by atoms with Gasteiger partial charge in [-0.15, -0.1) is 12.4 Å². The summed E-state index contributed by atoms with van der Waals surface area (Å²) >= 11 is 0. The Balaban J connectivity index is 0.00000192. The summed E-state index contributed by atoms with van der Waals surface area (Å²) in [7, 11) is 0. The molecule has 2 saturated heterocycles. The lowest BCUT2D eigenvalue weighted by Crippen LogP contribution is -2.47. The molecule has 0 bridgehead atoms. The van der Waals surface area contributed by atoms with E-state index < -0.39 is 0 Å². The van der Waals surface area contributed by atoms with Crippen LogP contribution in [-0.4, -0.2) is 56.0 Å². The molecule has 0 atom stereocenters. The molecule has 1 aromatic rings. The maximum Gasteiger partial charge on any atom is 0.260 e. The number of anilines is 1. The quantitative estimate of drug-likeness (QED) is 0.890. The molecule has 0 saturated carbocycles. The van der Waals surface area contributed by atoms with Crippen molar-refractivity contribution >= 4 is 29.9 Å². The van der Waals surface area contributed by atoms with Gasteiger partial charge in [-0.1, -0.05) is 0 Å². The van der Waals surface area contributed by atoms with Crippen molar-refractivity contribution in [3.05, 3.63) is 24.3 Å². The van der Waals surface area contributed by atoms with Gasteiger partial charge in [0.25, 0.3) is 5.91 Å². The van der Waals surface area contributed by atoms with Gasteiger partial charge in [-0.3, -0.25) is 9.59 Å². The fourth-order valence-electron chi connectivity index (χ4n) is 2.79. The van der Waals surface area contributed by atoms with Gasteiger partial charge in [0.15, 0.2) is 6.61 Å². The third kappa shape index (κ3) is 4.36. The minimum Gasteiger partial charge on any atom is -0.484 e. The van der Waals surface area contributed by atoms with Crippen LogP contribution < -0.4 is 15.0 Å². The summed E-state index contributed by atoms with van der Waals surface area (Å²) in [6, 6.07) is 7.36. The van der Waals surface area contributed by atoms with E-state index in [1.54, 1.807) is 4.90 Å². The van der Waals surface area contributed by atoms with E-state index in [4.69, 9.17) is 4.74 Å². The van der Waals surface area contributed by atoms with Crippen molar-refractivity contribution < 1.29 is 14.3 Å². The Labute approximate surface area is 142 Å². The van der Waals surface area contributed by atoms with E-state index in [0.717, 1.165) is 44.8 Å². The summed E-state index contributed by atoms with van der Waals surface area (Å²) in [4.78, 5) is 27.3. The van der Waals surface area contributed by atoms with Crippen LogP contribution in [0.15, 0.2) is 24.3 Å². The van der Waals surface area contributed by atoms with Gasteiger partial charge in [-0.05, 0) is 30.7 Å². The van der Waals surface area contributed by atoms with Gasteiger partial charge in [-0.25, -0.2) is 0 Å². The lowest BCUT2D eigenvalue weighted by atomic mass is 10.3. The second kappa shape index (κ2) is 8.17. The molecular formula is C16H22ClN3O3. The van der Waals surface area contributed by atoms with Crippen LogP contribution in [0.5, 0.6) is 5.75 Å². The molecule has 0 unspecified atom stereocenters. The first-order chi connectivity index (χ1) is 10.7. The molecule has 0 radical (unpaired) electrons. The number of nitrogens with one attached hydrogen (secondary N) is 1. The minimum atomic E-state index is 0. The van der Waals surface area contributed by atoms with Crippen LogP contribution in [0.4, 0.5) is 5.69 Å². The zero-order valence-electron chi connectivity index (χ0n) is 13.0. The number of hydrogen-bond acceptors (Lipinski definition) is 4. The van der Waals surface area contributed by atoms with Crippen molar-refractivity contribution in [3.63, 3.8) is 0 Å². The van der Waals surface area contributed by atoms with E-state index in [-0.39, 0.29) is 30.8 Å². The number of ether oxygens (including phenoxy) is 1. The van der Waals surface area contributed by atoms with Gasteiger partial charge in [0, 0.05) is 44.8 Å². The number of carbonyl (C=O) groups excluding carboxylic acids is 2. The van der Waals surface area contributed by atoms with Crippen LogP contribution in [0.2, 0.25) is 0 Å². The molecule has 0 spiro atoms. The third-order valence-electron chi connectivity index (χ3n) is 4.05. The Morgan fingerprint density at radius 1 is 1.13 bits per heavy atom. The second-order valence-electron chi connectivity index (χ2n) is 5.56. The first-order valence-electron chi connectivity index (χ1n) is 7.76. The predicted molar refractivity (Wildman–Crippen MR) is 90.2 cm³/mol. The standard InChI is InChI=1S/C16H21N3O3.ClH/c20-15-2-1-9-19(15)13-3-5-14(6-4-13)22-12-16(21)18-10-7-17-8-11-18;/h3-6,17H,1-2,7-12H2;1H. The normalized spacial score (nSPS) is 17.8. The van der Waals surface area contributed by atoms with Crippen LogP contribution in [0.25, 0.3) is 0 Å². The van der Waals surface area contributed by atoms with Crippen LogP contribution in [-0.2, 0) is 9.59 Å². The van der Waals surface area contributed by atoms with Crippen molar-refractivity contribution in [2.24, 2.45) is 0 Å². The first kappa shape index (κ1) is 17.6. The molecule has 126 valence electrons. The Bertz CT molecular complexity index is 544. The number of halogens is 1. The lowest BCUT2D eigenvalue weighted by Gasteiger charge is -2.27. The molecule has 7 heteroatoms. The van der Waals surface area contributed by atoms with Crippen LogP contribution in [0.1, 0.15) is 12.8 Å². The zero-order chi connectivity index (χ0) is 15.4. The second-order valence-corrected chi connectivity index (χ2v) is 5.56. The Hall–Kier alpha value is -1.79. The highest BCUT2D eigenvalue weighted by molar-refractivity contribution is 5.95. The van der Waals surface area contributed by atoms with E-state index in [1.807, 2.05) is 29.2 Å². The highest BCUT2D eigenvalue weighted by Gasteiger charge is 2.21. The molecule has 2 aliphatic rings. The Kier molecular flexibility index (Phi) is 6.24. The van der Waals surface area contributed by atoms with Crippen molar-refractivity contribution in [2.45, 2.75) is 12.8 Å². The monoisotopic (exact) mass is 339 g/mol. The maximum atomic E-state index is 12.0. The number of amides is 2. The molecule has 23 heavy (non-hydrogen) atoms. The summed E-state index contributed by atoms with van der Waals surface area (Å²) in [6.45, 7) is 3.98. The van der Waals surface area contributed by atoms with Crippen molar-refractivity contribution in [1.29, 1.82) is 0 Å². The van der Waals surface area contributed by atoms with Crippen molar-refractivity contribution in [3.8, 4) is 5.75 Å². The lowest BCUT2D eigenvalue weighted by molar-refractivity contribution is -0.133. The Morgan fingerprint density at radius 2 is 1.83 bits per heavy atom. The van der Waals surface area contributed by atoms with Gasteiger partial charge in [0.2, 0.25) is 5.91 Å². The largest absolute Gasteiger partial charge is 0.484 e. The number of hydrogen-bond donors (Lipinski definition) is 1. The van der Waals surface area contributed by atoms with Gasteiger partial charge in [0.05, 0.1) is 0 Å². The maximum absolute atomic E-state index is 12.0. The summed E-state index contributed by atoms with van der Waals surface area (Å²) < 4.78 is 5.55. The summed E-state index contributed by atoms with van der Waals surface area (Å²) in [6.07, 6.45) is 1.54. The highest BCUT2D eigenvalue weighted by Crippen LogP contribution is 2.23. The molecule has 2 aliphatic heterocycles. The van der Waals surface area contributed by atoms with E-state index in [2.05, 4.69) is 5.32 Å². The highest BCUT2D eigenvalue weighted by atomic mass is 35.5. The molecule has 0 aliphatic carbocycles. The molecule has 1 aromatic carbocycles. The molecular weight excluding hydrogens is 318 g/mol. The SMILES string of the molecule is Cl.O=C(COc1ccc(N2CCCC2=O)cc1)N1CCNCC1. The number of piperazine rings is 1. The summed E-state index contributed by atoms with van der Waals surface area (Å²) in [5.41, 5.74) is 0.892. The molecule has 2 fully saturated rings. The average Bonchev–Trinajstić information content (AvgIpc) is 3.00. The molecule has 6 nitrogen and oxygen atoms in total. The molecule has 0 aromatic heterocycles. The van der Waals surface area contributed by atoms with E-state index in [9.17, 15) is 9.59 Å². The number of benzene rings is 1. The van der Waals surface area contributed by atoms with Gasteiger partial charge in [-0.2, -0.15) is 0 Å². The van der Waals surface area contributed by atoms with E-state index in [1.165, 1.54) is 0 Å². The number of nitrogens with zero attached hydrogens (tertiary/aromatic N) is 2.